The Balaban J connectivity index is 2.20. The van der Waals surface area contributed by atoms with Crippen molar-refractivity contribution in [2.75, 3.05) is 19.6 Å². The van der Waals surface area contributed by atoms with Crippen LogP contribution in [0.2, 0.25) is 0 Å². The molecule has 0 bridgehead atoms. The van der Waals surface area contributed by atoms with Crippen LogP contribution in [-0.2, 0) is 0 Å². The highest BCUT2D eigenvalue weighted by molar-refractivity contribution is 5.09. The van der Waals surface area contributed by atoms with Crippen molar-refractivity contribution in [2.24, 2.45) is 11.3 Å². The third-order valence-electron chi connectivity index (χ3n) is 1.91. The lowest BCUT2D eigenvalue weighted by Crippen LogP contribution is -2.45. The van der Waals surface area contributed by atoms with Gasteiger partial charge in [-0.15, -0.1) is 0 Å². The van der Waals surface area contributed by atoms with Gasteiger partial charge in [0.15, 0.2) is 0 Å². The summed E-state index contributed by atoms with van der Waals surface area (Å²) in [6.45, 7) is 12.2. The van der Waals surface area contributed by atoms with Gasteiger partial charge in [-0.05, 0) is 26.7 Å². The van der Waals surface area contributed by atoms with Crippen molar-refractivity contribution in [1.29, 1.82) is 0 Å². The summed E-state index contributed by atoms with van der Waals surface area (Å²) in [4.78, 5) is 2.39. The topological polar surface area (TPSA) is 3.24 Å². The molecule has 1 nitrogen and oxygen atoms in total. The standard InChI is InChI=1S/C11H19N/c1-10-8-12(9-10)7-5-6-11(2,3)4/h10H,7-9H2,1-4H3. The van der Waals surface area contributed by atoms with E-state index in [0.29, 0.717) is 0 Å². The Hall–Kier alpha value is -0.480. The van der Waals surface area contributed by atoms with Crippen LogP contribution in [0.4, 0.5) is 0 Å². The number of hydrogen-bond acceptors (Lipinski definition) is 1. The van der Waals surface area contributed by atoms with Crippen LogP contribution in [-0.4, -0.2) is 24.5 Å². The second kappa shape index (κ2) is 3.49. The van der Waals surface area contributed by atoms with Gasteiger partial charge in [0.1, 0.15) is 0 Å². The molecule has 0 saturated carbocycles. The molecule has 1 aliphatic heterocycles. The van der Waals surface area contributed by atoms with Crippen LogP contribution in [0.3, 0.4) is 0 Å². The Morgan fingerprint density at radius 3 is 2.33 bits per heavy atom. The molecule has 0 radical (unpaired) electrons. The lowest BCUT2D eigenvalue weighted by atomic mass is 9.98. The van der Waals surface area contributed by atoms with Crippen molar-refractivity contribution in [3.8, 4) is 11.8 Å². The van der Waals surface area contributed by atoms with Gasteiger partial charge in [-0.3, -0.25) is 4.90 Å². The van der Waals surface area contributed by atoms with E-state index in [0.717, 1.165) is 12.5 Å². The molecule has 1 saturated heterocycles. The zero-order valence-corrected chi connectivity index (χ0v) is 8.65. The van der Waals surface area contributed by atoms with Crippen molar-refractivity contribution in [3.63, 3.8) is 0 Å². The zero-order valence-electron chi connectivity index (χ0n) is 8.65. The first-order valence-electron chi connectivity index (χ1n) is 4.70. The highest BCUT2D eigenvalue weighted by atomic mass is 15.2. The maximum Gasteiger partial charge on any atom is 0.0601 e. The van der Waals surface area contributed by atoms with Gasteiger partial charge in [0, 0.05) is 18.5 Å². The van der Waals surface area contributed by atoms with Gasteiger partial charge >= 0.3 is 0 Å². The second-order valence-electron chi connectivity index (χ2n) is 4.85. The van der Waals surface area contributed by atoms with Crippen molar-refractivity contribution >= 4 is 0 Å². The predicted molar refractivity (Wildman–Crippen MR) is 52.8 cm³/mol. The van der Waals surface area contributed by atoms with Gasteiger partial charge < -0.3 is 0 Å². The number of nitrogens with zero attached hydrogens (tertiary/aromatic N) is 1. The summed E-state index contributed by atoms with van der Waals surface area (Å²) in [5.41, 5.74) is 0.163. The molecule has 1 heterocycles. The summed E-state index contributed by atoms with van der Waals surface area (Å²) in [7, 11) is 0. The molecule has 0 atom stereocenters. The summed E-state index contributed by atoms with van der Waals surface area (Å²) < 4.78 is 0. The fourth-order valence-electron chi connectivity index (χ4n) is 1.37. The molecule has 1 aliphatic rings. The van der Waals surface area contributed by atoms with E-state index in [1.807, 2.05) is 0 Å². The minimum absolute atomic E-state index is 0.163. The fourth-order valence-corrected chi connectivity index (χ4v) is 1.37. The Morgan fingerprint density at radius 2 is 1.92 bits per heavy atom. The summed E-state index contributed by atoms with van der Waals surface area (Å²) in [6.07, 6.45) is 0. The average molecular weight is 165 g/mol. The van der Waals surface area contributed by atoms with Gasteiger partial charge in [0.25, 0.3) is 0 Å². The fraction of sp³-hybridized carbons (Fsp3) is 0.818. The molecule has 0 aliphatic carbocycles. The SMILES string of the molecule is CC1CN(CC#CC(C)(C)C)C1. The molecule has 0 aromatic heterocycles. The Labute approximate surface area is 76.1 Å². The van der Waals surface area contributed by atoms with Crippen LogP contribution >= 0.6 is 0 Å². The van der Waals surface area contributed by atoms with Crippen LogP contribution in [0.25, 0.3) is 0 Å². The van der Waals surface area contributed by atoms with E-state index in [1.165, 1.54) is 13.1 Å². The van der Waals surface area contributed by atoms with E-state index in [-0.39, 0.29) is 5.41 Å². The predicted octanol–water partition coefficient (Wildman–Crippen LogP) is 1.99. The lowest BCUT2D eigenvalue weighted by Gasteiger charge is -2.35. The molecular formula is C11H19N. The van der Waals surface area contributed by atoms with Gasteiger partial charge in [-0.1, -0.05) is 18.8 Å². The minimum atomic E-state index is 0.163. The molecule has 1 rings (SSSR count). The molecule has 0 aromatic rings. The largest absolute Gasteiger partial charge is 0.292 e. The molecule has 1 fully saturated rings. The van der Waals surface area contributed by atoms with E-state index in [4.69, 9.17) is 0 Å². The van der Waals surface area contributed by atoms with Crippen molar-refractivity contribution in [1.82, 2.24) is 4.90 Å². The first kappa shape index (κ1) is 9.61. The highest BCUT2D eigenvalue weighted by Gasteiger charge is 2.20. The zero-order chi connectivity index (χ0) is 9.19. The number of likely N-dealkylation sites (tertiary alicyclic amines) is 1. The molecule has 1 heteroatoms. The molecule has 0 unspecified atom stereocenters. The van der Waals surface area contributed by atoms with Crippen LogP contribution in [0, 0.1) is 23.2 Å². The third-order valence-corrected chi connectivity index (χ3v) is 1.91. The first-order chi connectivity index (χ1) is 5.47. The Bertz CT molecular complexity index is 195. The van der Waals surface area contributed by atoms with Gasteiger partial charge in [-0.25, -0.2) is 0 Å². The number of hydrogen-bond donors (Lipinski definition) is 0. The quantitative estimate of drug-likeness (QED) is 0.537. The molecule has 12 heavy (non-hydrogen) atoms. The third kappa shape index (κ3) is 3.28. The van der Waals surface area contributed by atoms with Crippen LogP contribution in [0.15, 0.2) is 0 Å². The maximum absolute atomic E-state index is 3.24. The van der Waals surface area contributed by atoms with Gasteiger partial charge in [-0.2, -0.15) is 0 Å². The smallest absolute Gasteiger partial charge is 0.0601 e. The van der Waals surface area contributed by atoms with E-state index in [2.05, 4.69) is 44.4 Å². The van der Waals surface area contributed by atoms with E-state index in [9.17, 15) is 0 Å². The monoisotopic (exact) mass is 165 g/mol. The lowest BCUT2D eigenvalue weighted by molar-refractivity contribution is 0.132. The molecule has 0 aromatic carbocycles. The van der Waals surface area contributed by atoms with Gasteiger partial charge in [0.05, 0.1) is 6.54 Å². The minimum Gasteiger partial charge on any atom is -0.292 e. The molecule has 0 N–H and O–H groups in total. The van der Waals surface area contributed by atoms with Crippen LogP contribution < -0.4 is 0 Å². The van der Waals surface area contributed by atoms with Crippen molar-refractivity contribution < 1.29 is 0 Å². The van der Waals surface area contributed by atoms with Crippen molar-refractivity contribution in [3.05, 3.63) is 0 Å². The summed E-state index contributed by atoms with van der Waals surface area (Å²) in [5, 5.41) is 0. The second-order valence-corrected chi connectivity index (χ2v) is 4.85. The number of rotatable bonds is 1. The Morgan fingerprint density at radius 1 is 1.33 bits per heavy atom. The molecular weight excluding hydrogens is 146 g/mol. The maximum atomic E-state index is 3.24. The van der Waals surface area contributed by atoms with Crippen LogP contribution in [0.1, 0.15) is 27.7 Å². The average Bonchev–Trinajstić information content (AvgIpc) is 1.81. The van der Waals surface area contributed by atoms with E-state index >= 15 is 0 Å². The molecule has 0 spiro atoms. The Kier molecular flexibility index (Phi) is 2.80. The first-order valence-corrected chi connectivity index (χ1v) is 4.70. The van der Waals surface area contributed by atoms with E-state index < -0.39 is 0 Å². The highest BCUT2D eigenvalue weighted by Crippen LogP contribution is 2.13. The normalized spacial score (nSPS) is 19.7. The van der Waals surface area contributed by atoms with Crippen molar-refractivity contribution in [2.45, 2.75) is 27.7 Å². The van der Waals surface area contributed by atoms with E-state index in [1.54, 1.807) is 0 Å². The summed E-state index contributed by atoms with van der Waals surface area (Å²) in [5.74, 6) is 7.36. The van der Waals surface area contributed by atoms with Gasteiger partial charge in [0.2, 0.25) is 0 Å². The molecule has 0 amide bonds. The summed E-state index contributed by atoms with van der Waals surface area (Å²) in [6, 6.07) is 0. The molecule has 68 valence electrons. The van der Waals surface area contributed by atoms with Crippen LogP contribution in [0.5, 0.6) is 0 Å². The summed E-state index contributed by atoms with van der Waals surface area (Å²) >= 11 is 0.